The molecule has 0 amide bonds. The SMILES string of the molecule is COC1CCN(S(=O)(=O)c2cc(CN)c(Cl)cc2Cl)C1. The van der Waals surface area contributed by atoms with Crippen molar-refractivity contribution in [1.29, 1.82) is 0 Å². The van der Waals surface area contributed by atoms with Crippen molar-refractivity contribution in [2.75, 3.05) is 20.2 Å². The van der Waals surface area contributed by atoms with Gasteiger partial charge in [-0.05, 0) is 24.1 Å². The molecule has 8 heteroatoms. The number of nitrogens with zero attached hydrogens (tertiary/aromatic N) is 1. The van der Waals surface area contributed by atoms with Crippen LogP contribution in [0, 0.1) is 0 Å². The molecule has 2 rings (SSSR count). The van der Waals surface area contributed by atoms with Crippen LogP contribution < -0.4 is 5.73 Å². The van der Waals surface area contributed by atoms with Gasteiger partial charge in [-0.1, -0.05) is 23.2 Å². The second kappa shape index (κ2) is 6.17. The number of hydrogen-bond acceptors (Lipinski definition) is 4. The zero-order valence-corrected chi connectivity index (χ0v) is 13.3. The lowest BCUT2D eigenvalue weighted by atomic mass is 10.2. The molecule has 0 spiro atoms. The van der Waals surface area contributed by atoms with Crippen molar-refractivity contribution < 1.29 is 13.2 Å². The van der Waals surface area contributed by atoms with Gasteiger partial charge >= 0.3 is 0 Å². The molecule has 1 saturated heterocycles. The maximum absolute atomic E-state index is 12.6. The first kappa shape index (κ1) is 16.0. The predicted molar refractivity (Wildman–Crippen MR) is 78.5 cm³/mol. The van der Waals surface area contributed by atoms with E-state index in [-0.39, 0.29) is 22.6 Å². The largest absolute Gasteiger partial charge is 0.380 e. The molecule has 1 atom stereocenters. The quantitative estimate of drug-likeness (QED) is 0.909. The number of methoxy groups -OCH3 is 1. The third-order valence-electron chi connectivity index (χ3n) is 3.38. The van der Waals surface area contributed by atoms with E-state index in [0.717, 1.165) is 0 Å². The van der Waals surface area contributed by atoms with Crippen molar-refractivity contribution in [3.8, 4) is 0 Å². The Hall–Kier alpha value is -0.370. The lowest BCUT2D eigenvalue weighted by molar-refractivity contribution is 0.115. The fraction of sp³-hybridized carbons (Fsp3) is 0.500. The highest BCUT2D eigenvalue weighted by molar-refractivity contribution is 7.89. The maximum Gasteiger partial charge on any atom is 0.244 e. The molecule has 1 unspecified atom stereocenters. The maximum atomic E-state index is 12.6. The van der Waals surface area contributed by atoms with E-state index < -0.39 is 10.0 Å². The summed E-state index contributed by atoms with van der Waals surface area (Å²) in [6.45, 7) is 0.896. The van der Waals surface area contributed by atoms with Crippen LogP contribution in [0.15, 0.2) is 17.0 Å². The second-order valence-electron chi connectivity index (χ2n) is 4.59. The molecule has 5 nitrogen and oxygen atoms in total. The molecule has 1 fully saturated rings. The molecule has 1 heterocycles. The van der Waals surface area contributed by atoms with Crippen molar-refractivity contribution in [1.82, 2.24) is 4.31 Å². The Balaban J connectivity index is 2.40. The van der Waals surface area contributed by atoms with Crippen LogP contribution in [0.3, 0.4) is 0 Å². The van der Waals surface area contributed by atoms with Crippen LogP contribution in [-0.4, -0.2) is 39.0 Å². The number of ether oxygens (including phenoxy) is 1. The summed E-state index contributed by atoms with van der Waals surface area (Å²) in [5.41, 5.74) is 6.11. The van der Waals surface area contributed by atoms with Crippen LogP contribution in [0.4, 0.5) is 0 Å². The molecule has 1 aliphatic heterocycles. The normalized spacial score (nSPS) is 20.5. The summed E-state index contributed by atoms with van der Waals surface area (Å²) in [4.78, 5) is 0.0424. The number of sulfonamides is 1. The Morgan fingerprint density at radius 3 is 2.65 bits per heavy atom. The smallest absolute Gasteiger partial charge is 0.244 e. The van der Waals surface area contributed by atoms with Gasteiger partial charge in [-0.15, -0.1) is 0 Å². The second-order valence-corrected chi connectivity index (χ2v) is 7.31. The molecule has 1 aromatic rings. The summed E-state index contributed by atoms with van der Waals surface area (Å²) in [5, 5.41) is 0.473. The summed E-state index contributed by atoms with van der Waals surface area (Å²) in [7, 11) is -2.08. The lowest BCUT2D eigenvalue weighted by Gasteiger charge is -2.18. The van der Waals surface area contributed by atoms with Crippen molar-refractivity contribution in [2.24, 2.45) is 5.73 Å². The number of halogens is 2. The van der Waals surface area contributed by atoms with Gasteiger partial charge in [0.05, 0.1) is 11.1 Å². The van der Waals surface area contributed by atoms with Crippen LogP contribution in [0.5, 0.6) is 0 Å². The highest BCUT2D eigenvalue weighted by atomic mass is 35.5. The minimum Gasteiger partial charge on any atom is -0.380 e. The fourth-order valence-electron chi connectivity index (χ4n) is 2.17. The Bertz CT molecular complexity index is 607. The van der Waals surface area contributed by atoms with Crippen LogP contribution in [0.25, 0.3) is 0 Å². The van der Waals surface area contributed by atoms with E-state index in [1.54, 1.807) is 7.11 Å². The summed E-state index contributed by atoms with van der Waals surface area (Å²) in [5.74, 6) is 0. The zero-order chi connectivity index (χ0) is 14.9. The van der Waals surface area contributed by atoms with E-state index in [0.29, 0.717) is 30.1 Å². The minimum absolute atomic E-state index is 0.0424. The molecule has 0 aromatic heterocycles. The Labute approximate surface area is 128 Å². The highest BCUT2D eigenvalue weighted by Crippen LogP contribution is 2.32. The average Bonchev–Trinajstić information content (AvgIpc) is 2.88. The first-order valence-corrected chi connectivity index (χ1v) is 8.30. The standard InChI is InChI=1S/C12H16Cl2N2O3S/c1-19-9-2-3-16(7-9)20(17,18)12-4-8(6-15)10(13)5-11(12)14/h4-5,9H,2-3,6-7,15H2,1H3. The van der Waals surface area contributed by atoms with Crippen LogP contribution >= 0.6 is 23.2 Å². The van der Waals surface area contributed by atoms with Gasteiger partial charge in [0.2, 0.25) is 10.0 Å². The Morgan fingerprint density at radius 1 is 1.40 bits per heavy atom. The van der Waals surface area contributed by atoms with Crippen LogP contribution in [0.1, 0.15) is 12.0 Å². The molecule has 0 aliphatic carbocycles. The molecule has 0 saturated carbocycles. The van der Waals surface area contributed by atoms with E-state index in [1.807, 2.05) is 0 Å². The van der Waals surface area contributed by atoms with Gasteiger partial charge in [-0.3, -0.25) is 0 Å². The van der Waals surface area contributed by atoms with Crippen LogP contribution in [-0.2, 0) is 21.3 Å². The molecule has 0 radical (unpaired) electrons. The topological polar surface area (TPSA) is 72.6 Å². The molecule has 20 heavy (non-hydrogen) atoms. The van der Waals surface area contributed by atoms with E-state index in [4.69, 9.17) is 33.7 Å². The van der Waals surface area contributed by atoms with Gasteiger partial charge in [0.1, 0.15) is 4.90 Å². The van der Waals surface area contributed by atoms with Crippen molar-refractivity contribution in [2.45, 2.75) is 24.0 Å². The molecular formula is C12H16Cl2N2O3S. The molecule has 112 valence electrons. The zero-order valence-electron chi connectivity index (χ0n) is 11.0. The molecule has 1 aliphatic rings. The van der Waals surface area contributed by atoms with Gasteiger partial charge < -0.3 is 10.5 Å². The summed E-state index contributed by atoms with van der Waals surface area (Å²) in [6.07, 6.45) is 0.592. The van der Waals surface area contributed by atoms with E-state index >= 15 is 0 Å². The summed E-state index contributed by atoms with van der Waals surface area (Å²) >= 11 is 12.0. The van der Waals surface area contributed by atoms with Crippen molar-refractivity contribution >= 4 is 33.2 Å². The van der Waals surface area contributed by atoms with Crippen LogP contribution in [0.2, 0.25) is 10.0 Å². The van der Waals surface area contributed by atoms with Crippen molar-refractivity contribution in [3.05, 3.63) is 27.7 Å². The van der Waals surface area contributed by atoms with E-state index in [2.05, 4.69) is 0 Å². The molecule has 1 aromatic carbocycles. The third kappa shape index (κ3) is 2.95. The fourth-order valence-corrected chi connectivity index (χ4v) is 4.51. The predicted octanol–water partition coefficient (Wildman–Crippen LogP) is 1.86. The molecule has 2 N–H and O–H groups in total. The Morgan fingerprint density at radius 2 is 2.10 bits per heavy atom. The van der Waals surface area contributed by atoms with Gasteiger partial charge in [0, 0.05) is 31.8 Å². The summed E-state index contributed by atoms with van der Waals surface area (Å²) in [6, 6.07) is 2.86. The Kier molecular flexibility index (Phi) is 4.94. The molecule has 0 bridgehead atoms. The van der Waals surface area contributed by atoms with E-state index in [9.17, 15) is 8.42 Å². The first-order chi connectivity index (χ1) is 9.40. The monoisotopic (exact) mass is 338 g/mol. The third-order valence-corrected chi connectivity index (χ3v) is 6.06. The first-order valence-electron chi connectivity index (χ1n) is 6.11. The lowest BCUT2D eigenvalue weighted by Crippen LogP contribution is -2.30. The number of hydrogen-bond donors (Lipinski definition) is 1. The van der Waals surface area contributed by atoms with Gasteiger partial charge in [0.15, 0.2) is 0 Å². The van der Waals surface area contributed by atoms with Gasteiger partial charge in [-0.25, -0.2) is 8.42 Å². The van der Waals surface area contributed by atoms with Crippen molar-refractivity contribution in [3.63, 3.8) is 0 Å². The van der Waals surface area contributed by atoms with Gasteiger partial charge in [-0.2, -0.15) is 4.31 Å². The van der Waals surface area contributed by atoms with Gasteiger partial charge in [0.25, 0.3) is 0 Å². The average molecular weight is 339 g/mol. The minimum atomic E-state index is -3.65. The molecular weight excluding hydrogens is 323 g/mol. The van der Waals surface area contributed by atoms with E-state index in [1.165, 1.54) is 16.4 Å². The number of benzene rings is 1. The highest BCUT2D eigenvalue weighted by Gasteiger charge is 2.34. The summed E-state index contributed by atoms with van der Waals surface area (Å²) < 4.78 is 31.8. The number of nitrogens with two attached hydrogens (primary N) is 1. The number of rotatable bonds is 4.